The van der Waals surface area contributed by atoms with E-state index in [4.69, 9.17) is 0 Å². The maximum absolute atomic E-state index is 13.5. The third kappa shape index (κ3) is 4.21. The predicted molar refractivity (Wildman–Crippen MR) is 74.7 cm³/mol. The van der Waals surface area contributed by atoms with Crippen molar-refractivity contribution in [3.63, 3.8) is 0 Å². The molecular formula is C16H15F4NO. The minimum Gasteiger partial charge on any atom is -0.435 e. The van der Waals surface area contributed by atoms with Gasteiger partial charge in [-0.1, -0.05) is 24.3 Å². The van der Waals surface area contributed by atoms with Crippen LogP contribution in [0.15, 0.2) is 42.5 Å². The van der Waals surface area contributed by atoms with Crippen LogP contribution in [0.5, 0.6) is 5.75 Å². The number of alkyl halides is 2. The van der Waals surface area contributed by atoms with Gasteiger partial charge in [0.1, 0.15) is 5.75 Å². The van der Waals surface area contributed by atoms with E-state index in [-0.39, 0.29) is 23.9 Å². The Balaban J connectivity index is 2.03. The van der Waals surface area contributed by atoms with E-state index < -0.39 is 18.2 Å². The van der Waals surface area contributed by atoms with Crippen molar-refractivity contribution in [2.45, 2.75) is 26.1 Å². The summed E-state index contributed by atoms with van der Waals surface area (Å²) >= 11 is 0. The van der Waals surface area contributed by atoms with Crippen molar-refractivity contribution in [1.82, 2.24) is 5.32 Å². The Labute approximate surface area is 125 Å². The second-order valence-electron chi connectivity index (χ2n) is 4.77. The maximum atomic E-state index is 13.5. The van der Waals surface area contributed by atoms with Gasteiger partial charge in [0.2, 0.25) is 0 Å². The van der Waals surface area contributed by atoms with Gasteiger partial charge in [0, 0.05) is 18.2 Å². The topological polar surface area (TPSA) is 21.3 Å². The van der Waals surface area contributed by atoms with Gasteiger partial charge in [-0.05, 0) is 30.7 Å². The molecule has 0 aliphatic rings. The smallest absolute Gasteiger partial charge is 0.387 e. The van der Waals surface area contributed by atoms with Gasteiger partial charge in [-0.2, -0.15) is 8.78 Å². The van der Waals surface area contributed by atoms with Crippen LogP contribution in [0, 0.1) is 11.6 Å². The first-order chi connectivity index (χ1) is 10.5. The van der Waals surface area contributed by atoms with E-state index >= 15 is 0 Å². The van der Waals surface area contributed by atoms with Gasteiger partial charge < -0.3 is 10.1 Å². The molecule has 2 nitrogen and oxygen atoms in total. The Morgan fingerprint density at radius 3 is 2.55 bits per heavy atom. The Morgan fingerprint density at radius 1 is 1.09 bits per heavy atom. The maximum Gasteiger partial charge on any atom is 0.387 e. The number of ether oxygens (including phenoxy) is 1. The Morgan fingerprint density at radius 2 is 1.82 bits per heavy atom. The first-order valence-corrected chi connectivity index (χ1v) is 6.68. The normalized spacial score (nSPS) is 12.5. The summed E-state index contributed by atoms with van der Waals surface area (Å²) in [6.45, 7) is -0.983. The van der Waals surface area contributed by atoms with Crippen LogP contribution in [0.1, 0.15) is 24.1 Å². The number of hydrogen-bond acceptors (Lipinski definition) is 2. The zero-order chi connectivity index (χ0) is 16.1. The zero-order valence-electron chi connectivity index (χ0n) is 11.8. The molecule has 1 N–H and O–H groups in total. The molecule has 0 bridgehead atoms. The average Bonchev–Trinajstić information content (AvgIpc) is 2.48. The highest BCUT2D eigenvalue weighted by Gasteiger charge is 2.11. The third-order valence-electron chi connectivity index (χ3n) is 3.21. The van der Waals surface area contributed by atoms with Crippen LogP contribution in [-0.4, -0.2) is 6.61 Å². The molecule has 0 spiro atoms. The SMILES string of the molecule is CC(NCc1cccc(F)c1F)c1cccc(OC(F)F)c1. The molecule has 22 heavy (non-hydrogen) atoms. The second kappa shape index (κ2) is 7.26. The molecule has 0 saturated carbocycles. The number of halogens is 4. The quantitative estimate of drug-likeness (QED) is 0.797. The molecule has 0 aromatic heterocycles. The lowest BCUT2D eigenvalue weighted by Crippen LogP contribution is -2.19. The summed E-state index contributed by atoms with van der Waals surface area (Å²) in [5.74, 6) is -1.74. The van der Waals surface area contributed by atoms with E-state index in [1.54, 1.807) is 19.1 Å². The molecule has 1 unspecified atom stereocenters. The van der Waals surface area contributed by atoms with E-state index in [2.05, 4.69) is 10.1 Å². The fraction of sp³-hybridized carbons (Fsp3) is 0.250. The molecule has 0 fully saturated rings. The highest BCUT2D eigenvalue weighted by atomic mass is 19.3. The van der Waals surface area contributed by atoms with Crippen LogP contribution in [0.25, 0.3) is 0 Å². The second-order valence-corrected chi connectivity index (χ2v) is 4.77. The zero-order valence-corrected chi connectivity index (χ0v) is 11.8. The molecule has 0 aliphatic carbocycles. The summed E-state index contributed by atoms with van der Waals surface area (Å²) in [6, 6.07) is 9.94. The molecule has 0 aliphatic heterocycles. The van der Waals surface area contributed by atoms with Gasteiger partial charge in [0.15, 0.2) is 11.6 Å². The predicted octanol–water partition coefficient (Wildman–Crippen LogP) is 4.42. The van der Waals surface area contributed by atoms with Crippen molar-refractivity contribution in [2.24, 2.45) is 0 Å². The van der Waals surface area contributed by atoms with Crippen molar-refractivity contribution in [3.8, 4) is 5.75 Å². The van der Waals surface area contributed by atoms with Gasteiger partial charge in [0.25, 0.3) is 0 Å². The molecular weight excluding hydrogens is 298 g/mol. The van der Waals surface area contributed by atoms with E-state index in [0.29, 0.717) is 5.56 Å². The molecule has 118 valence electrons. The van der Waals surface area contributed by atoms with E-state index in [1.165, 1.54) is 24.3 Å². The van der Waals surface area contributed by atoms with Crippen LogP contribution < -0.4 is 10.1 Å². The van der Waals surface area contributed by atoms with Crippen LogP contribution in [0.3, 0.4) is 0 Å². The van der Waals surface area contributed by atoms with Crippen molar-refractivity contribution >= 4 is 0 Å². The summed E-state index contributed by atoms with van der Waals surface area (Å²) in [4.78, 5) is 0. The molecule has 0 heterocycles. The fourth-order valence-electron chi connectivity index (χ4n) is 2.03. The molecule has 0 amide bonds. The highest BCUT2D eigenvalue weighted by molar-refractivity contribution is 5.30. The molecule has 0 saturated heterocycles. The Bertz CT molecular complexity index is 633. The van der Waals surface area contributed by atoms with Crippen LogP contribution in [0.2, 0.25) is 0 Å². The molecule has 6 heteroatoms. The van der Waals surface area contributed by atoms with E-state index in [0.717, 1.165) is 6.07 Å². The molecule has 0 radical (unpaired) electrons. The lowest BCUT2D eigenvalue weighted by Gasteiger charge is -2.16. The molecule has 2 aromatic carbocycles. The first-order valence-electron chi connectivity index (χ1n) is 6.68. The number of nitrogens with one attached hydrogen (secondary N) is 1. The summed E-state index contributed by atoms with van der Waals surface area (Å²) in [6.07, 6.45) is 0. The van der Waals surface area contributed by atoms with E-state index in [9.17, 15) is 17.6 Å². The van der Waals surface area contributed by atoms with Gasteiger partial charge in [-0.3, -0.25) is 0 Å². The van der Waals surface area contributed by atoms with Gasteiger partial charge in [-0.15, -0.1) is 0 Å². The number of rotatable bonds is 6. The van der Waals surface area contributed by atoms with Crippen molar-refractivity contribution in [2.75, 3.05) is 0 Å². The number of hydrogen-bond donors (Lipinski definition) is 1. The van der Waals surface area contributed by atoms with Gasteiger partial charge in [0.05, 0.1) is 0 Å². The molecule has 1 atom stereocenters. The standard InChI is InChI=1S/C16H15F4NO/c1-10(11-4-2-6-13(8-11)22-16(19)20)21-9-12-5-3-7-14(17)15(12)18/h2-8,10,16,21H,9H2,1H3. The van der Waals surface area contributed by atoms with Crippen molar-refractivity contribution in [1.29, 1.82) is 0 Å². The monoisotopic (exact) mass is 313 g/mol. The van der Waals surface area contributed by atoms with Gasteiger partial charge >= 0.3 is 6.61 Å². The fourth-order valence-corrected chi connectivity index (χ4v) is 2.03. The highest BCUT2D eigenvalue weighted by Crippen LogP contribution is 2.21. The largest absolute Gasteiger partial charge is 0.435 e. The summed E-state index contributed by atoms with van der Waals surface area (Å²) in [5, 5.41) is 3.01. The third-order valence-corrected chi connectivity index (χ3v) is 3.21. The molecule has 2 aromatic rings. The van der Waals surface area contributed by atoms with Crippen LogP contribution >= 0.6 is 0 Å². The summed E-state index contributed by atoms with van der Waals surface area (Å²) in [5.41, 5.74) is 0.904. The summed E-state index contributed by atoms with van der Waals surface area (Å²) < 4.78 is 55.4. The lowest BCUT2D eigenvalue weighted by molar-refractivity contribution is -0.0499. The van der Waals surface area contributed by atoms with Crippen LogP contribution in [0.4, 0.5) is 17.6 Å². The Hall–Kier alpha value is -2.08. The lowest BCUT2D eigenvalue weighted by atomic mass is 10.1. The molecule has 2 rings (SSSR count). The van der Waals surface area contributed by atoms with E-state index in [1.807, 2.05) is 0 Å². The Kier molecular flexibility index (Phi) is 5.38. The minimum absolute atomic E-state index is 0.0538. The minimum atomic E-state index is -2.89. The first kappa shape index (κ1) is 16.3. The van der Waals surface area contributed by atoms with Gasteiger partial charge in [-0.25, -0.2) is 8.78 Å². The summed E-state index contributed by atoms with van der Waals surface area (Å²) in [7, 11) is 0. The van der Waals surface area contributed by atoms with Crippen molar-refractivity contribution in [3.05, 3.63) is 65.2 Å². The van der Waals surface area contributed by atoms with Crippen LogP contribution in [-0.2, 0) is 6.54 Å². The van der Waals surface area contributed by atoms with Crippen molar-refractivity contribution < 1.29 is 22.3 Å². The number of benzene rings is 2. The average molecular weight is 313 g/mol.